The highest BCUT2D eigenvalue weighted by Gasteiger charge is 2.15. The summed E-state index contributed by atoms with van der Waals surface area (Å²) < 4.78 is 21.4. The summed E-state index contributed by atoms with van der Waals surface area (Å²) in [6.07, 6.45) is 1.44. The average Bonchev–Trinajstić information content (AvgIpc) is 2.77. The Kier molecular flexibility index (Phi) is 9.14. The molecule has 0 aliphatic carbocycles. The Hall–Kier alpha value is -3.26. The first-order valence-corrected chi connectivity index (χ1v) is 10.2. The van der Waals surface area contributed by atoms with Gasteiger partial charge in [0.2, 0.25) is 0 Å². The van der Waals surface area contributed by atoms with Crippen molar-refractivity contribution in [2.24, 2.45) is 0 Å². The van der Waals surface area contributed by atoms with Gasteiger partial charge in [0.15, 0.2) is 18.1 Å². The van der Waals surface area contributed by atoms with Gasteiger partial charge in [0.1, 0.15) is 17.4 Å². The summed E-state index contributed by atoms with van der Waals surface area (Å²) >= 11 is 2.02. The van der Waals surface area contributed by atoms with Crippen molar-refractivity contribution in [3.63, 3.8) is 0 Å². The zero-order valence-electron chi connectivity index (χ0n) is 17.2. The Bertz CT molecular complexity index is 1010. The number of ether oxygens (including phenoxy) is 4. The number of halogens is 1. The third kappa shape index (κ3) is 6.89. The second-order valence-electron chi connectivity index (χ2n) is 5.98. The van der Waals surface area contributed by atoms with Crippen LogP contribution in [-0.2, 0) is 14.3 Å². The smallest absolute Gasteiger partial charge is 0.343 e. The fourth-order valence-electron chi connectivity index (χ4n) is 2.47. The van der Waals surface area contributed by atoms with Crippen LogP contribution in [0.5, 0.6) is 17.2 Å². The Morgan fingerprint density at radius 3 is 2.45 bits per heavy atom. The van der Waals surface area contributed by atoms with Gasteiger partial charge in [-0.05, 0) is 77.6 Å². The lowest BCUT2D eigenvalue weighted by molar-refractivity contribution is -0.142. The lowest BCUT2D eigenvalue weighted by Crippen LogP contribution is -2.14. The number of nitrogens with zero attached hydrogens (tertiary/aromatic N) is 1. The van der Waals surface area contributed by atoms with Gasteiger partial charge in [0.25, 0.3) is 5.91 Å². The molecule has 2 aromatic rings. The molecule has 9 heteroatoms. The maximum atomic E-state index is 12.5. The SMILES string of the molecule is CCOc1ccc(NC(=O)/C(C#N)=C\c2cc(I)c(OCC(=O)OC)c(OC)c2)cc1. The van der Waals surface area contributed by atoms with Gasteiger partial charge in [0.05, 0.1) is 24.4 Å². The lowest BCUT2D eigenvalue weighted by Gasteiger charge is -2.13. The van der Waals surface area contributed by atoms with Crippen LogP contribution in [0.25, 0.3) is 6.08 Å². The van der Waals surface area contributed by atoms with Crippen LogP contribution in [0.3, 0.4) is 0 Å². The molecule has 31 heavy (non-hydrogen) atoms. The molecule has 0 saturated heterocycles. The van der Waals surface area contributed by atoms with Crippen molar-refractivity contribution in [3.8, 4) is 23.3 Å². The number of nitriles is 1. The van der Waals surface area contributed by atoms with Crippen LogP contribution in [0.2, 0.25) is 0 Å². The minimum Gasteiger partial charge on any atom is -0.494 e. The third-order valence-electron chi connectivity index (χ3n) is 3.91. The van der Waals surface area contributed by atoms with E-state index >= 15 is 0 Å². The van der Waals surface area contributed by atoms with E-state index in [9.17, 15) is 14.9 Å². The zero-order chi connectivity index (χ0) is 22.8. The number of benzene rings is 2. The van der Waals surface area contributed by atoms with Crippen LogP contribution < -0.4 is 19.5 Å². The van der Waals surface area contributed by atoms with Gasteiger partial charge in [-0.3, -0.25) is 4.79 Å². The van der Waals surface area contributed by atoms with E-state index < -0.39 is 11.9 Å². The second kappa shape index (κ2) is 11.8. The highest BCUT2D eigenvalue weighted by Crippen LogP contribution is 2.34. The zero-order valence-corrected chi connectivity index (χ0v) is 19.4. The summed E-state index contributed by atoms with van der Waals surface area (Å²) in [4.78, 5) is 23.9. The predicted molar refractivity (Wildman–Crippen MR) is 123 cm³/mol. The molecule has 0 bridgehead atoms. The number of carbonyl (C=O) groups is 2. The minimum absolute atomic E-state index is 0.0880. The molecule has 0 aliphatic rings. The van der Waals surface area contributed by atoms with Gasteiger partial charge in [-0.2, -0.15) is 5.26 Å². The van der Waals surface area contributed by atoms with E-state index in [1.807, 2.05) is 35.6 Å². The molecule has 2 rings (SSSR count). The molecule has 8 nitrogen and oxygen atoms in total. The number of methoxy groups -OCH3 is 2. The van der Waals surface area contributed by atoms with Gasteiger partial charge in [0, 0.05) is 5.69 Å². The topological polar surface area (TPSA) is 107 Å². The summed E-state index contributed by atoms with van der Waals surface area (Å²) in [5, 5.41) is 12.1. The van der Waals surface area contributed by atoms with E-state index in [1.54, 1.807) is 36.4 Å². The van der Waals surface area contributed by atoms with Crippen molar-refractivity contribution >= 4 is 46.2 Å². The Morgan fingerprint density at radius 1 is 1.16 bits per heavy atom. The Balaban J connectivity index is 2.22. The Morgan fingerprint density at radius 2 is 1.87 bits per heavy atom. The summed E-state index contributed by atoms with van der Waals surface area (Å²) in [5.74, 6) is 0.327. The summed E-state index contributed by atoms with van der Waals surface area (Å²) in [7, 11) is 2.72. The molecule has 0 atom stereocenters. The summed E-state index contributed by atoms with van der Waals surface area (Å²) in [6, 6.07) is 12.1. The van der Waals surface area contributed by atoms with Crippen molar-refractivity contribution in [2.75, 3.05) is 32.8 Å². The summed E-state index contributed by atoms with van der Waals surface area (Å²) in [6.45, 7) is 2.15. The first-order chi connectivity index (χ1) is 14.9. The van der Waals surface area contributed by atoms with Gasteiger partial charge >= 0.3 is 5.97 Å². The number of rotatable bonds is 9. The van der Waals surface area contributed by atoms with E-state index in [1.165, 1.54) is 20.3 Å². The monoisotopic (exact) mass is 536 g/mol. The molecule has 162 valence electrons. The fourth-order valence-corrected chi connectivity index (χ4v) is 3.25. The standard InChI is InChI=1S/C22H21IN2O6/c1-4-30-17-7-5-16(6-8-17)25-22(27)15(12-24)9-14-10-18(23)21(19(11-14)28-2)31-13-20(26)29-3/h5-11H,4,13H2,1-3H3,(H,25,27)/b15-9-. The van der Waals surface area contributed by atoms with E-state index in [2.05, 4.69) is 10.1 Å². The van der Waals surface area contributed by atoms with Gasteiger partial charge in [-0.15, -0.1) is 0 Å². The van der Waals surface area contributed by atoms with Crippen LogP contribution in [-0.4, -0.2) is 39.3 Å². The molecule has 0 aliphatic heterocycles. The van der Waals surface area contributed by atoms with Crippen LogP contribution in [0.15, 0.2) is 42.0 Å². The molecular formula is C22H21IN2O6. The minimum atomic E-state index is -0.549. The van der Waals surface area contributed by atoms with E-state index in [-0.39, 0.29) is 12.2 Å². The molecule has 0 aromatic heterocycles. The normalized spacial score (nSPS) is 10.6. The number of esters is 1. The molecule has 0 unspecified atom stereocenters. The first kappa shape index (κ1) is 24.0. The molecule has 0 saturated carbocycles. The van der Waals surface area contributed by atoms with Gasteiger partial charge < -0.3 is 24.3 Å². The number of hydrogen-bond acceptors (Lipinski definition) is 7. The number of carbonyl (C=O) groups excluding carboxylic acids is 2. The van der Waals surface area contributed by atoms with Crippen molar-refractivity contribution in [1.29, 1.82) is 5.26 Å². The van der Waals surface area contributed by atoms with Crippen LogP contribution in [0.4, 0.5) is 5.69 Å². The first-order valence-electron chi connectivity index (χ1n) is 9.15. The van der Waals surface area contributed by atoms with Crippen LogP contribution in [0.1, 0.15) is 12.5 Å². The average molecular weight is 536 g/mol. The molecule has 0 spiro atoms. The van der Waals surface area contributed by atoms with Crippen molar-refractivity contribution in [3.05, 3.63) is 51.1 Å². The van der Waals surface area contributed by atoms with Gasteiger partial charge in [-0.1, -0.05) is 0 Å². The van der Waals surface area contributed by atoms with Gasteiger partial charge in [-0.25, -0.2) is 4.79 Å². The highest BCUT2D eigenvalue weighted by molar-refractivity contribution is 14.1. The highest BCUT2D eigenvalue weighted by atomic mass is 127. The van der Waals surface area contributed by atoms with Crippen molar-refractivity contribution < 1.29 is 28.5 Å². The second-order valence-corrected chi connectivity index (χ2v) is 7.14. The molecule has 0 heterocycles. The molecule has 1 N–H and O–H groups in total. The number of anilines is 1. The lowest BCUT2D eigenvalue weighted by atomic mass is 10.1. The Labute approximate surface area is 193 Å². The van der Waals surface area contributed by atoms with E-state index in [4.69, 9.17) is 14.2 Å². The number of amides is 1. The number of nitrogens with one attached hydrogen (secondary N) is 1. The van der Waals surface area contributed by atoms with Crippen molar-refractivity contribution in [2.45, 2.75) is 6.92 Å². The number of hydrogen-bond donors (Lipinski definition) is 1. The maximum Gasteiger partial charge on any atom is 0.343 e. The van der Waals surface area contributed by atoms with E-state index in [0.29, 0.717) is 38.7 Å². The van der Waals surface area contributed by atoms with Crippen LogP contribution >= 0.6 is 22.6 Å². The fraction of sp³-hybridized carbons (Fsp3) is 0.227. The molecular weight excluding hydrogens is 515 g/mol. The maximum absolute atomic E-state index is 12.5. The quantitative estimate of drug-likeness (QED) is 0.225. The molecule has 0 fully saturated rings. The summed E-state index contributed by atoms with van der Waals surface area (Å²) in [5.41, 5.74) is 1.01. The molecule has 0 radical (unpaired) electrons. The van der Waals surface area contributed by atoms with Crippen LogP contribution in [0, 0.1) is 14.9 Å². The largest absolute Gasteiger partial charge is 0.494 e. The van der Waals surface area contributed by atoms with E-state index in [0.717, 1.165) is 0 Å². The molecule has 1 amide bonds. The predicted octanol–water partition coefficient (Wildman–Crippen LogP) is 3.80. The molecule has 2 aromatic carbocycles. The van der Waals surface area contributed by atoms with Crippen molar-refractivity contribution in [1.82, 2.24) is 0 Å². The third-order valence-corrected chi connectivity index (χ3v) is 4.71.